The van der Waals surface area contributed by atoms with Gasteiger partial charge in [0.1, 0.15) is 5.75 Å². The van der Waals surface area contributed by atoms with Gasteiger partial charge in [0, 0.05) is 25.2 Å². The Morgan fingerprint density at radius 3 is 2.43 bits per heavy atom. The zero-order chi connectivity index (χ0) is 21.7. The van der Waals surface area contributed by atoms with Crippen molar-refractivity contribution in [2.45, 2.75) is 38.0 Å². The summed E-state index contributed by atoms with van der Waals surface area (Å²) in [5.74, 6) is 1.14. The second kappa shape index (κ2) is 9.62. The van der Waals surface area contributed by atoms with Gasteiger partial charge in [-0.1, -0.05) is 24.6 Å². The molecule has 0 unspecified atom stereocenters. The second-order valence-electron chi connectivity index (χ2n) is 7.93. The molecule has 1 N–H and O–H groups in total. The van der Waals surface area contributed by atoms with Gasteiger partial charge in [-0.2, -0.15) is 4.31 Å². The van der Waals surface area contributed by atoms with E-state index in [1.54, 1.807) is 19.2 Å². The fourth-order valence-corrected chi connectivity index (χ4v) is 5.14. The monoisotopic (exact) mass is 430 g/mol. The van der Waals surface area contributed by atoms with Crippen LogP contribution in [0.5, 0.6) is 5.75 Å². The normalized spacial score (nSPS) is 15.7. The first-order valence-corrected chi connectivity index (χ1v) is 11.8. The van der Waals surface area contributed by atoms with Gasteiger partial charge in [-0.05, 0) is 68.0 Å². The first-order chi connectivity index (χ1) is 14.3. The Bertz CT molecular complexity index is 979. The van der Waals surface area contributed by atoms with Crippen molar-refractivity contribution in [2.24, 2.45) is 5.92 Å². The van der Waals surface area contributed by atoms with Crippen molar-refractivity contribution in [3.8, 4) is 5.75 Å². The first-order valence-electron chi connectivity index (χ1n) is 10.3. The van der Waals surface area contributed by atoms with Gasteiger partial charge in [-0.3, -0.25) is 4.79 Å². The van der Waals surface area contributed by atoms with Gasteiger partial charge in [0.2, 0.25) is 10.0 Å². The van der Waals surface area contributed by atoms with Crippen LogP contribution in [0.15, 0.2) is 47.4 Å². The Hall–Kier alpha value is -2.38. The largest absolute Gasteiger partial charge is 0.496 e. The number of hydrogen-bond donors (Lipinski definition) is 1. The number of nitrogens with zero attached hydrogens (tertiary/aromatic N) is 1. The quantitative estimate of drug-likeness (QED) is 0.731. The predicted octanol–water partition coefficient (Wildman–Crippen LogP) is 3.40. The van der Waals surface area contributed by atoms with Crippen LogP contribution in [0.4, 0.5) is 0 Å². The summed E-state index contributed by atoms with van der Waals surface area (Å²) in [6, 6.07) is 12.1. The van der Waals surface area contributed by atoms with Crippen LogP contribution in [-0.4, -0.2) is 45.4 Å². The molecule has 30 heavy (non-hydrogen) atoms. The second-order valence-corrected chi connectivity index (χ2v) is 9.87. The number of hydrogen-bond acceptors (Lipinski definition) is 4. The van der Waals surface area contributed by atoms with E-state index in [4.69, 9.17) is 4.74 Å². The average molecular weight is 431 g/mol. The van der Waals surface area contributed by atoms with Crippen LogP contribution >= 0.6 is 0 Å². The molecule has 2 aromatic carbocycles. The number of ether oxygens (including phenoxy) is 1. The summed E-state index contributed by atoms with van der Waals surface area (Å²) >= 11 is 0. The summed E-state index contributed by atoms with van der Waals surface area (Å²) in [7, 11) is -1.87. The number of piperidine rings is 1. The van der Waals surface area contributed by atoms with Crippen LogP contribution in [0.1, 0.15) is 41.3 Å². The van der Waals surface area contributed by atoms with Crippen molar-refractivity contribution in [2.75, 3.05) is 26.7 Å². The highest BCUT2D eigenvalue weighted by Crippen LogP contribution is 2.24. The molecule has 0 saturated carbocycles. The molecule has 0 bridgehead atoms. The van der Waals surface area contributed by atoms with E-state index >= 15 is 0 Å². The molecule has 1 fully saturated rings. The fourth-order valence-electron chi connectivity index (χ4n) is 3.67. The van der Waals surface area contributed by atoms with Crippen LogP contribution in [0.2, 0.25) is 0 Å². The molecule has 0 atom stereocenters. The number of methoxy groups -OCH3 is 1. The van der Waals surface area contributed by atoms with Gasteiger partial charge in [-0.15, -0.1) is 0 Å². The molecule has 3 rings (SSSR count). The van der Waals surface area contributed by atoms with Crippen molar-refractivity contribution in [3.63, 3.8) is 0 Å². The van der Waals surface area contributed by atoms with Crippen molar-refractivity contribution in [3.05, 3.63) is 59.2 Å². The highest BCUT2D eigenvalue weighted by atomic mass is 32.2. The molecule has 1 amide bonds. The topological polar surface area (TPSA) is 75.7 Å². The zero-order valence-corrected chi connectivity index (χ0v) is 18.7. The summed E-state index contributed by atoms with van der Waals surface area (Å²) in [5.41, 5.74) is 2.62. The highest BCUT2D eigenvalue weighted by molar-refractivity contribution is 7.89. The number of amides is 1. The van der Waals surface area contributed by atoms with E-state index in [1.807, 2.05) is 25.1 Å². The van der Waals surface area contributed by atoms with E-state index in [0.29, 0.717) is 37.5 Å². The molecular formula is C23H30N2O4S. The SMILES string of the molecule is COc1ccc(C)cc1CCNC(=O)c1ccc(S(=O)(=O)N2CCC(C)CC2)cc1. The molecule has 0 radical (unpaired) electrons. The van der Waals surface area contributed by atoms with Crippen molar-refractivity contribution < 1.29 is 17.9 Å². The molecule has 1 heterocycles. The number of sulfonamides is 1. The van der Waals surface area contributed by atoms with Crippen LogP contribution in [0, 0.1) is 12.8 Å². The number of carbonyl (C=O) groups excluding carboxylic acids is 1. The third-order valence-corrected chi connectivity index (χ3v) is 7.53. The van der Waals surface area contributed by atoms with E-state index in [2.05, 4.69) is 12.2 Å². The molecular weight excluding hydrogens is 400 g/mol. The minimum absolute atomic E-state index is 0.225. The maximum Gasteiger partial charge on any atom is 0.251 e. The molecule has 0 aliphatic carbocycles. The minimum atomic E-state index is -3.50. The van der Waals surface area contributed by atoms with E-state index in [1.165, 1.54) is 16.4 Å². The number of benzene rings is 2. The maximum atomic E-state index is 12.8. The molecule has 1 saturated heterocycles. The summed E-state index contributed by atoms with van der Waals surface area (Å²) in [6.07, 6.45) is 2.41. The standard InChI is InChI=1S/C23H30N2O4S/c1-17-11-14-25(15-12-17)30(27,28)21-7-5-19(6-8-21)23(26)24-13-10-20-16-18(2)4-9-22(20)29-3/h4-9,16-17H,10-15H2,1-3H3,(H,24,26). The molecule has 0 spiro atoms. The van der Waals surface area contributed by atoms with E-state index in [-0.39, 0.29) is 10.8 Å². The number of carbonyl (C=O) groups is 1. The smallest absolute Gasteiger partial charge is 0.251 e. The minimum Gasteiger partial charge on any atom is -0.496 e. The van der Waals surface area contributed by atoms with E-state index < -0.39 is 10.0 Å². The molecule has 1 aliphatic heterocycles. The maximum absolute atomic E-state index is 12.8. The van der Waals surface area contributed by atoms with Crippen molar-refractivity contribution >= 4 is 15.9 Å². The Morgan fingerprint density at radius 2 is 1.80 bits per heavy atom. The lowest BCUT2D eigenvalue weighted by Crippen LogP contribution is -2.37. The fraction of sp³-hybridized carbons (Fsp3) is 0.435. The lowest BCUT2D eigenvalue weighted by atomic mass is 10.0. The van der Waals surface area contributed by atoms with Gasteiger partial charge < -0.3 is 10.1 Å². The Morgan fingerprint density at radius 1 is 1.13 bits per heavy atom. The predicted molar refractivity (Wildman–Crippen MR) is 117 cm³/mol. The average Bonchev–Trinajstić information content (AvgIpc) is 2.74. The molecule has 7 heteroatoms. The zero-order valence-electron chi connectivity index (χ0n) is 17.8. The van der Waals surface area contributed by atoms with Crippen LogP contribution in [-0.2, 0) is 16.4 Å². The number of aryl methyl sites for hydroxylation is 1. The lowest BCUT2D eigenvalue weighted by Gasteiger charge is -2.29. The van der Waals surface area contributed by atoms with E-state index in [0.717, 1.165) is 29.7 Å². The van der Waals surface area contributed by atoms with Crippen LogP contribution < -0.4 is 10.1 Å². The van der Waals surface area contributed by atoms with Gasteiger partial charge in [0.15, 0.2) is 0 Å². The molecule has 6 nitrogen and oxygen atoms in total. The summed E-state index contributed by atoms with van der Waals surface area (Å²) in [4.78, 5) is 12.7. The molecule has 0 aromatic heterocycles. The number of rotatable bonds is 7. The highest BCUT2D eigenvalue weighted by Gasteiger charge is 2.28. The van der Waals surface area contributed by atoms with Crippen molar-refractivity contribution in [1.82, 2.24) is 9.62 Å². The third kappa shape index (κ3) is 5.21. The first kappa shape index (κ1) is 22.3. The van der Waals surface area contributed by atoms with Crippen LogP contribution in [0.25, 0.3) is 0 Å². The Kier molecular flexibility index (Phi) is 7.15. The Balaban J connectivity index is 1.59. The molecule has 2 aromatic rings. The summed E-state index contributed by atoms with van der Waals surface area (Å²) in [6.45, 7) is 5.72. The van der Waals surface area contributed by atoms with Crippen LogP contribution in [0.3, 0.4) is 0 Å². The third-order valence-electron chi connectivity index (χ3n) is 5.61. The lowest BCUT2D eigenvalue weighted by molar-refractivity contribution is 0.0954. The summed E-state index contributed by atoms with van der Waals surface area (Å²) < 4.78 is 32.5. The Labute approximate surface area is 179 Å². The molecule has 162 valence electrons. The summed E-state index contributed by atoms with van der Waals surface area (Å²) in [5, 5.41) is 2.89. The number of nitrogens with one attached hydrogen (secondary N) is 1. The van der Waals surface area contributed by atoms with Gasteiger partial charge >= 0.3 is 0 Å². The van der Waals surface area contributed by atoms with Gasteiger partial charge in [0.25, 0.3) is 5.91 Å². The van der Waals surface area contributed by atoms with Crippen molar-refractivity contribution in [1.29, 1.82) is 0 Å². The molecule has 1 aliphatic rings. The van der Waals surface area contributed by atoms with Gasteiger partial charge in [0.05, 0.1) is 12.0 Å². The van der Waals surface area contributed by atoms with E-state index in [9.17, 15) is 13.2 Å². The van der Waals surface area contributed by atoms with Gasteiger partial charge in [-0.25, -0.2) is 8.42 Å².